The second kappa shape index (κ2) is 14.4. The highest BCUT2D eigenvalue weighted by Crippen LogP contribution is 2.42. The fraction of sp³-hybridized carbons (Fsp3) is 0.433. The molecule has 0 aliphatic carbocycles. The lowest BCUT2D eigenvalue weighted by atomic mass is 10.0. The number of rotatable bonds is 12. The van der Waals surface area contributed by atoms with Crippen LogP contribution >= 0.6 is 23.1 Å². The number of nitrogens with one attached hydrogen (secondary N) is 1. The van der Waals surface area contributed by atoms with Crippen molar-refractivity contribution >= 4 is 69.6 Å². The number of anilines is 1. The number of aromatic nitrogens is 2. The quantitative estimate of drug-likeness (QED) is 0.0418. The van der Waals surface area contributed by atoms with Gasteiger partial charge in [-0.25, -0.2) is 14.6 Å². The van der Waals surface area contributed by atoms with Crippen LogP contribution in [-0.4, -0.2) is 153 Å². The average Bonchev–Trinajstić information content (AvgIpc) is 3.72. The highest BCUT2D eigenvalue weighted by atomic mass is 32.2. The predicted molar refractivity (Wildman–Crippen MR) is 181 cm³/mol. The summed E-state index contributed by atoms with van der Waals surface area (Å²) in [4.78, 5) is 98.9. The summed E-state index contributed by atoms with van der Waals surface area (Å²) >= 11 is 2.15. The molecule has 21 nitrogen and oxygen atoms in total. The molecule has 5 atom stereocenters. The number of carbonyl (C=O) groups is 6. The normalized spacial score (nSPS) is 24.5. The van der Waals surface area contributed by atoms with E-state index in [0.29, 0.717) is 27.9 Å². The number of carboxylic acids is 3. The zero-order valence-electron chi connectivity index (χ0n) is 27.5. The van der Waals surface area contributed by atoms with Crippen LogP contribution in [0.25, 0.3) is 0 Å². The first-order valence-electron chi connectivity index (χ1n) is 16.0. The standard InChI is InChI=1S/C30H32N8O13S2/c31-30-32-15(12-53-30)21(34-51-19(28(46)47)7-20(41)42)24(43)33-22-26(45)37-23(29(48)49)13(11-52-27(22)37)10-38-4-1-2-14(38)8-35(3-5-38)25(44)16-6-17(39)18(40)9-36(16)50/h6,9,12,14,19,22,27,50H,1-5,7-8,10-11H2,(H6-,31,32,33,40,41,42,43,46,47,48,49)/p+1/b34-21-/t14-,19-,22+,27+,38+/m0/s1. The molecule has 2 aromatic heterocycles. The average molecular weight is 778 g/mol. The molecule has 0 unspecified atom stereocenters. The topological polar surface area (TPSA) is 305 Å². The van der Waals surface area contributed by atoms with Gasteiger partial charge in [0.05, 0.1) is 38.8 Å². The minimum atomic E-state index is -1.95. The molecule has 0 bridgehead atoms. The number of fused-ring (bicyclic) bond motifs is 2. The number of nitrogens with zero attached hydrogens (tertiary/aromatic N) is 6. The number of piperazine rings is 1. The second-order valence-corrected chi connectivity index (χ2v) is 14.8. The Kier molecular flexibility index (Phi) is 10.1. The van der Waals surface area contributed by atoms with Crippen molar-refractivity contribution in [1.29, 1.82) is 0 Å². The van der Waals surface area contributed by atoms with Gasteiger partial charge in [0.25, 0.3) is 17.7 Å². The van der Waals surface area contributed by atoms with Crippen molar-refractivity contribution in [3.8, 4) is 5.75 Å². The predicted octanol–water partition coefficient (Wildman–Crippen LogP) is -1.65. The Bertz CT molecular complexity index is 2030. The second-order valence-electron chi connectivity index (χ2n) is 12.8. The number of nitrogen functional groups attached to an aromatic ring is 1. The van der Waals surface area contributed by atoms with Gasteiger partial charge in [-0.1, -0.05) is 5.16 Å². The van der Waals surface area contributed by atoms with Crippen LogP contribution in [0.15, 0.2) is 38.9 Å². The van der Waals surface area contributed by atoms with Gasteiger partial charge in [0.2, 0.25) is 11.5 Å². The highest BCUT2D eigenvalue weighted by molar-refractivity contribution is 8.00. The van der Waals surface area contributed by atoms with E-state index >= 15 is 0 Å². The van der Waals surface area contributed by atoms with Crippen LogP contribution in [0.4, 0.5) is 5.13 Å². The third kappa shape index (κ3) is 7.09. The van der Waals surface area contributed by atoms with Crippen LogP contribution in [0.5, 0.6) is 5.75 Å². The molecule has 3 amide bonds. The van der Waals surface area contributed by atoms with Crippen molar-refractivity contribution in [2.24, 2.45) is 5.16 Å². The lowest BCUT2D eigenvalue weighted by Crippen LogP contribution is -2.71. The summed E-state index contributed by atoms with van der Waals surface area (Å²) in [5.41, 5.74) is 4.12. The molecule has 23 heteroatoms. The molecular formula is C30H33N8O13S2+. The van der Waals surface area contributed by atoms with Crippen LogP contribution in [0.2, 0.25) is 0 Å². The first-order valence-corrected chi connectivity index (χ1v) is 17.9. The van der Waals surface area contributed by atoms with Crippen LogP contribution in [0.3, 0.4) is 0 Å². The Morgan fingerprint density at radius 3 is 2.58 bits per heavy atom. The fourth-order valence-electron chi connectivity index (χ4n) is 7.07. The lowest BCUT2D eigenvalue weighted by molar-refractivity contribution is -0.938. The summed E-state index contributed by atoms with van der Waals surface area (Å²) in [5, 5.41) is 55.0. The number of hydrogen-bond acceptors (Lipinski definition) is 15. The monoisotopic (exact) mass is 777 g/mol. The van der Waals surface area contributed by atoms with Gasteiger partial charge < -0.3 is 50.9 Å². The van der Waals surface area contributed by atoms with Gasteiger partial charge in [-0.2, -0.15) is 4.73 Å². The summed E-state index contributed by atoms with van der Waals surface area (Å²) in [5.74, 6) is -7.37. The molecular weight excluding hydrogens is 745 g/mol. The molecule has 0 spiro atoms. The van der Waals surface area contributed by atoms with Crippen molar-refractivity contribution in [1.82, 2.24) is 24.8 Å². The lowest BCUT2D eigenvalue weighted by Gasteiger charge is -2.51. The van der Waals surface area contributed by atoms with Gasteiger partial charge in [-0.05, 0) is 0 Å². The van der Waals surface area contributed by atoms with Crippen LogP contribution in [0.1, 0.15) is 35.4 Å². The first-order chi connectivity index (χ1) is 25.1. The number of nitrogens with two attached hydrogens (primary N) is 1. The number of β-lactam (4-membered cyclic amide) rings is 1. The minimum absolute atomic E-state index is 0.0199. The number of aromatic hydroxyl groups is 1. The van der Waals surface area contributed by atoms with Crippen LogP contribution < -0.4 is 16.5 Å². The summed E-state index contributed by atoms with van der Waals surface area (Å²) in [6, 6.07) is -0.469. The van der Waals surface area contributed by atoms with Gasteiger partial charge in [-0.3, -0.25) is 28.9 Å². The number of carbonyl (C=O) groups excluding carboxylic acids is 3. The van der Waals surface area contributed by atoms with E-state index in [0.717, 1.165) is 41.3 Å². The molecule has 3 saturated heterocycles. The zero-order valence-corrected chi connectivity index (χ0v) is 29.1. The van der Waals surface area contributed by atoms with Crippen molar-refractivity contribution in [3.63, 3.8) is 0 Å². The molecule has 0 radical (unpaired) electrons. The Morgan fingerprint density at radius 2 is 1.92 bits per heavy atom. The Labute approximate surface area is 306 Å². The SMILES string of the molecule is Nc1nc(/C(=N/O[C@@H](CC(=O)O)C(=O)O)C(=O)N[C@@H]2C(=O)N3C(C(=O)O)=C(C[N@+]45CCC[C@H]4CN(C(=O)c4cc(=O)c(O)cn4O)CC5)CS[C@H]23)cs1. The number of aliphatic carboxylic acids is 3. The van der Waals surface area contributed by atoms with Crippen LogP contribution in [-0.2, 0) is 28.8 Å². The maximum Gasteiger partial charge on any atom is 0.352 e. The Hall–Kier alpha value is -5.68. The van der Waals surface area contributed by atoms with Gasteiger partial charge in [0.1, 0.15) is 41.1 Å². The van der Waals surface area contributed by atoms with Crippen molar-refractivity contribution < 1.29 is 63.7 Å². The van der Waals surface area contributed by atoms with Crippen molar-refractivity contribution in [2.75, 3.05) is 44.2 Å². The van der Waals surface area contributed by atoms with Gasteiger partial charge >= 0.3 is 17.9 Å². The Morgan fingerprint density at radius 1 is 1.17 bits per heavy atom. The molecule has 6 rings (SSSR count). The summed E-state index contributed by atoms with van der Waals surface area (Å²) < 4.78 is 0.859. The molecule has 2 aromatic rings. The molecule has 4 aliphatic rings. The molecule has 6 heterocycles. The number of thiazole rings is 1. The summed E-state index contributed by atoms with van der Waals surface area (Å²) in [6.45, 7) is 1.89. The first kappa shape index (κ1) is 37.1. The minimum Gasteiger partial charge on any atom is -0.503 e. The van der Waals surface area contributed by atoms with E-state index in [1.165, 1.54) is 22.0 Å². The maximum absolute atomic E-state index is 13.5. The van der Waals surface area contributed by atoms with Gasteiger partial charge in [0, 0.05) is 35.6 Å². The molecule has 4 aliphatic heterocycles. The fourth-order valence-corrected chi connectivity index (χ4v) is 8.95. The molecule has 282 valence electrons. The molecule has 8 N–H and O–H groups in total. The van der Waals surface area contributed by atoms with E-state index in [1.54, 1.807) is 0 Å². The number of amides is 3. The summed E-state index contributed by atoms with van der Waals surface area (Å²) in [7, 11) is 0. The number of hydrogen-bond donors (Lipinski definition) is 7. The van der Waals surface area contributed by atoms with Gasteiger partial charge in [0.15, 0.2) is 16.6 Å². The van der Waals surface area contributed by atoms with E-state index in [-0.39, 0.29) is 53.6 Å². The van der Waals surface area contributed by atoms with E-state index in [2.05, 4.69) is 15.5 Å². The van der Waals surface area contributed by atoms with Crippen LogP contribution in [0, 0.1) is 0 Å². The summed E-state index contributed by atoms with van der Waals surface area (Å²) in [6.07, 6.45) is -0.670. The van der Waals surface area contributed by atoms with E-state index < -0.39 is 76.5 Å². The number of quaternary nitrogens is 1. The highest BCUT2D eigenvalue weighted by Gasteiger charge is 2.56. The van der Waals surface area contributed by atoms with Crippen molar-refractivity contribution in [3.05, 3.63) is 50.5 Å². The maximum atomic E-state index is 13.5. The zero-order chi connectivity index (χ0) is 38.4. The number of oxime groups is 1. The number of carboxylic acid groups (broad SMARTS) is 3. The molecule has 53 heavy (non-hydrogen) atoms. The number of pyridine rings is 1. The third-order valence-electron chi connectivity index (χ3n) is 9.61. The number of thioether (sulfide) groups is 1. The largest absolute Gasteiger partial charge is 0.503 e. The van der Waals surface area contributed by atoms with E-state index in [4.69, 9.17) is 15.7 Å². The molecule has 3 fully saturated rings. The third-order valence-corrected chi connectivity index (χ3v) is 11.6. The van der Waals surface area contributed by atoms with E-state index in [9.17, 15) is 54.1 Å². The molecule has 0 saturated carbocycles. The smallest absolute Gasteiger partial charge is 0.352 e. The molecule has 0 aromatic carbocycles. The Balaban J connectivity index is 1.18. The van der Waals surface area contributed by atoms with Gasteiger partial charge in [-0.15, -0.1) is 23.1 Å². The van der Waals surface area contributed by atoms with E-state index in [1.807, 2.05) is 0 Å². The van der Waals surface area contributed by atoms with Crippen molar-refractivity contribution in [2.45, 2.75) is 42.8 Å².